The summed E-state index contributed by atoms with van der Waals surface area (Å²) in [6.07, 6.45) is 1.16. The van der Waals surface area contributed by atoms with Crippen LogP contribution in [0.15, 0.2) is 48.0 Å². The number of rotatable bonds is 4. The van der Waals surface area contributed by atoms with Crippen molar-refractivity contribution in [1.82, 2.24) is 5.32 Å². The third-order valence-electron chi connectivity index (χ3n) is 3.95. The van der Waals surface area contributed by atoms with Gasteiger partial charge in [-0.3, -0.25) is 14.9 Å². The number of aromatic carboxylic acids is 1. The number of urea groups is 1. The van der Waals surface area contributed by atoms with Crippen LogP contribution in [-0.2, 0) is 9.59 Å². The molecule has 4 amide bonds. The zero-order valence-corrected chi connectivity index (χ0v) is 14.4. The van der Waals surface area contributed by atoms with Gasteiger partial charge in [0.05, 0.1) is 12.8 Å². The number of hydrogen-bond acceptors (Lipinski definition) is 5. The van der Waals surface area contributed by atoms with Crippen LogP contribution in [0.3, 0.4) is 0 Å². The predicted molar refractivity (Wildman–Crippen MR) is 95.4 cm³/mol. The summed E-state index contributed by atoms with van der Waals surface area (Å²) in [5.41, 5.74) is -0.231. The van der Waals surface area contributed by atoms with Gasteiger partial charge in [0, 0.05) is 0 Å². The van der Waals surface area contributed by atoms with Gasteiger partial charge in [-0.1, -0.05) is 6.07 Å². The number of carboxylic acid groups (broad SMARTS) is 1. The van der Waals surface area contributed by atoms with E-state index in [0.29, 0.717) is 4.90 Å². The van der Waals surface area contributed by atoms with Gasteiger partial charge in [0.1, 0.15) is 22.7 Å². The molecule has 1 heterocycles. The average molecular weight is 384 g/mol. The van der Waals surface area contributed by atoms with E-state index in [1.54, 1.807) is 0 Å². The van der Waals surface area contributed by atoms with Gasteiger partial charge >= 0.3 is 12.0 Å². The fourth-order valence-corrected chi connectivity index (χ4v) is 2.63. The molecule has 1 aliphatic heterocycles. The van der Waals surface area contributed by atoms with Gasteiger partial charge in [-0.25, -0.2) is 18.9 Å². The number of nitrogens with zero attached hydrogens (tertiary/aromatic N) is 1. The highest BCUT2D eigenvalue weighted by Gasteiger charge is 2.36. The van der Waals surface area contributed by atoms with Crippen molar-refractivity contribution in [3.8, 4) is 5.75 Å². The standard InChI is InChI=1S/C19H13FN2O6/c1-28-15-7-2-10(8-13(15)18(25)26)9-14-16(23)21-19(27)22(17(14)24)12-5-3-11(20)4-6-12/h2-9H,1H3,(H,25,26)(H,21,23,27)/b14-9-. The van der Waals surface area contributed by atoms with E-state index >= 15 is 0 Å². The lowest BCUT2D eigenvalue weighted by molar-refractivity contribution is -0.122. The molecule has 0 bridgehead atoms. The highest BCUT2D eigenvalue weighted by atomic mass is 19.1. The molecule has 8 nitrogen and oxygen atoms in total. The molecule has 142 valence electrons. The van der Waals surface area contributed by atoms with Gasteiger partial charge in [0.2, 0.25) is 0 Å². The Hall–Kier alpha value is -4.01. The quantitative estimate of drug-likeness (QED) is 0.617. The number of benzene rings is 2. The van der Waals surface area contributed by atoms with Crippen LogP contribution < -0.4 is 15.0 Å². The number of carboxylic acids is 1. The van der Waals surface area contributed by atoms with E-state index in [-0.39, 0.29) is 28.1 Å². The highest BCUT2D eigenvalue weighted by Crippen LogP contribution is 2.24. The number of ether oxygens (including phenoxy) is 1. The van der Waals surface area contributed by atoms with Crippen molar-refractivity contribution >= 4 is 35.6 Å². The van der Waals surface area contributed by atoms with Crippen molar-refractivity contribution in [2.24, 2.45) is 0 Å². The minimum atomic E-state index is -1.25. The van der Waals surface area contributed by atoms with E-state index in [9.17, 15) is 28.7 Å². The SMILES string of the molecule is COc1ccc(/C=C2/C(=O)NC(=O)N(c3ccc(F)cc3)C2=O)cc1C(=O)O. The monoisotopic (exact) mass is 384 g/mol. The fourth-order valence-electron chi connectivity index (χ4n) is 2.63. The Bertz CT molecular complexity index is 1030. The van der Waals surface area contributed by atoms with Gasteiger partial charge in [-0.15, -0.1) is 0 Å². The van der Waals surface area contributed by atoms with Crippen molar-refractivity contribution in [2.45, 2.75) is 0 Å². The number of methoxy groups -OCH3 is 1. The van der Waals surface area contributed by atoms with Crippen molar-refractivity contribution in [3.63, 3.8) is 0 Å². The summed E-state index contributed by atoms with van der Waals surface area (Å²) < 4.78 is 18.1. The van der Waals surface area contributed by atoms with E-state index in [0.717, 1.165) is 18.2 Å². The Balaban J connectivity index is 2.03. The molecule has 0 unspecified atom stereocenters. The van der Waals surface area contributed by atoms with Gasteiger partial charge in [-0.2, -0.15) is 0 Å². The lowest BCUT2D eigenvalue weighted by Crippen LogP contribution is -2.54. The second kappa shape index (κ2) is 7.31. The molecular weight excluding hydrogens is 371 g/mol. The normalized spacial score (nSPS) is 15.6. The Morgan fingerprint density at radius 1 is 1.14 bits per heavy atom. The van der Waals surface area contributed by atoms with E-state index in [4.69, 9.17) is 4.74 Å². The first-order valence-corrected chi connectivity index (χ1v) is 7.90. The van der Waals surface area contributed by atoms with Crippen LogP contribution in [0, 0.1) is 5.82 Å². The topological polar surface area (TPSA) is 113 Å². The zero-order valence-electron chi connectivity index (χ0n) is 14.4. The molecule has 1 aliphatic rings. The molecule has 0 atom stereocenters. The van der Waals surface area contributed by atoms with Gasteiger partial charge in [0.25, 0.3) is 11.8 Å². The number of amides is 4. The molecular formula is C19H13FN2O6. The first kappa shape index (κ1) is 18.8. The van der Waals surface area contributed by atoms with Crippen molar-refractivity contribution in [2.75, 3.05) is 12.0 Å². The molecule has 0 aliphatic carbocycles. The Morgan fingerprint density at radius 2 is 1.82 bits per heavy atom. The maximum Gasteiger partial charge on any atom is 0.339 e. The van der Waals surface area contributed by atoms with Crippen molar-refractivity contribution in [3.05, 3.63) is 65.0 Å². The first-order chi connectivity index (χ1) is 13.3. The van der Waals surface area contributed by atoms with Crippen LogP contribution in [0.2, 0.25) is 0 Å². The molecule has 1 fully saturated rings. The van der Waals surface area contributed by atoms with Gasteiger partial charge in [0.15, 0.2) is 0 Å². The molecule has 0 saturated carbocycles. The van der Waals surface area contributed by atoms with Crippen LogP contribution in [0.5, 0.6) is 5.75 Å². The molecule has 28 heavy (non-hydrogen) atoms. The number of halogens is 1. The van der Waals surface area contributed by atoms with Crippen LogP contribution in [0.1, 0.15) is 15.9 Å². The molecule has 0 radical (unpaired) electrons. The minimum absolute atomic E-state index is 0.0725. The molecule has 0 spiro atoms. The third kappa shape index (κ3) is 3.45. The van der Waals surface area contributed by atoms with Crippen molar-refractivity contribution in [1.29, 1.82) is 0 Å². The molecule has 1 saturated heterocycles. The Kier molecular flexibility index (Phi) is 4.90. The number of carbonyl (C=O) groups excluding carboxylic acids is 3. The Morgan fingerprint density at radius 3 is 2.43 bits per heavy atom. The summed E-state index contributed by atoms with van der Waals surface area (Å²) in [7, 11) is 1.31. The summed E-state index contributed by atoms with van der Waals surface area (Å²) in [4.78, 5) is 49.0. The maximum atomic E-state index is 13.1. The number of barbiturate groups is 1. The fraction of sp³-hybridized carbons (Fsp3) is 0.0526. The largest absolute Gasteiger partial charge is 0.496 e. The second-order valence-electron chi connectivity index (χ2n) is 5.70. The van der Waals surface area contributed by atoms with Crippen LogP contribution in [-0.4, -0.2) is 36.0 Å². The predicted octanol–water partition coefficient (Wildman–Crippen LogP) is 2.20. The number of imide groups is 2. The lowest BCUT2D eigenvalue weighted by atomic mass is 10.0. The number of carbonyl (C=O) groups is 4. The van der Waals surface area contributed by atoms with E-state index in [1.165, 1.54) is 37.4 Å². The molecule has 2 aromatic rings. The van der Waals surface area contributed by atoms with E-state index < -0.39 is 29.6 Å². The molecule has 3 rings (SSSR count). The summed E-state index contributed by atoms with van der Waals surface area (Å²) in [6.45, 7) is 0. The van der Waals surface area contributed by atoms with Crippen molar-refractivity contribution < 1.29 is 33.4 Å². The summed E-state index contributed by atoms with van der Waals surface area (Å²) >= 11 is 0. The molecule has 2 aromatic carbocycles. The first-order valence-electron chi connectivity index (χ1n) is 7.90. The van der Waals surface area contributed by atoms with E-state index in [1.807, 2.05) is 5.32 Å². The van der Waals surface area contributed by atoms with Crippen LogP contribution in [0.4, 0.5) is 14.9 Å². The lowest BCUT2D eigenvalue weighted by Gasteiger charge is -2.26. The highest BCUT2D eigenvalue weighted by molar-refractivity contribution is 6.39. The maximum absolute atomic E-state index is 13.1. The second-order valence-corrected chi connectivity index (χ2v) is 5.70. The zero-order chi connectivity index (χ0) is 20.4. The third-order valence-corrected chi connectivity index (χ3v) is 3.95. The molecule has 2 N–H and O–H groups in total. The molecule has 9 heteroatoms. The van der Waals surface area contributed by atoms with Gasteiger partial charge in [-0.05, 0) is 48.0 Å². The summed E-state index contributed by atoms with van der Waals surface area (Å²) in [6, 6.07) is 7.66. The number of anilines is 1. The van der Waals surface area contributed by atoms with Crippen LogP contribution in [0.25, 0.3) is 6.08 Å². The minimum Gasteiger partial charge on any atom is -0.496 e. The van der Waals surface area contributed by atoms with E-state index in [2.05, 4.69) is 0 Å². The summed E-state index contributed by atoms with van der Waals surface area (Å²) in [5.74, 6) is -3.55. The smallest absolute Gasteiger partial charge is 0.339 e. The molecule has 0 aromatic heterocycles. The van der Waals surface area contributed by atoms with Gasteiger partial charge < -0.3 is 9.84 Å². The summed E-state index contributed by atoms with van der Waals surface area (Å²) in [5, 5.41) is 11.3. The average Bonchev–Trinajstić information content (AvgIpc) is 2.66. The number of hydrogen-bond donors (Lipinski definition) is 2. The van der Waals surface area contributed by atoms with Crippen LogP contribution >= 0.6 is 0 Å². The number of nitrogens with one attached hydrogen (secondary N) is 1. The Labute approximate surface area is 157 Å².